The first-order chi connectivity index (χ1) is 16.3. The standard InChI is InChI=1S/C25H28N2O6S/c1-19(18-33-23-15-13-22(32-3)14-16-23)26-25(28)17-27(20-9-11-21(31-2)12-10-20)34(29,30)24-7-5-4-6-8-24/h4-16,19H,17-18H2,1-3H3,(H,26,28). The van der Waals surface area contributed by atoms with Gasteiger partial charge in [0.15, 0.2) is 0 Å². The number of hydrogen-bond donors (Lipinski definition) is 1. The summed E-state index contributed by atoms with van der Waals surface area (Å²) in [4.78, 5) is 12.9. The lowest BCUT2D eigenvalue weighted by Crippen LogP contribution is -2.45. The van der Waals surface area contributed by atoms with E-state index in [2.05, 4.69) is 5.32 Å². The fourth-order valence-corrected chi connectivity index (χ4v) is 4.61. The van der Waals surface area contributed by atoms with Crippen LogP contribution in [0.3, 0.4) is 0 Å². The summed E-state index contributed by atoms with van der Waals surface area (Å²) in [5.74, 6) is 1.47. The molecule has 8 nitrogen and oxygen atoms in total. The minimum absolute atomic E-state index is 0.0921. The largest absolute Gasteiger partial charge is 0.497 e. The fraction of sp³-hybridized carbons (Fsp3) is 0.240. The summed E-state index contributed by atoms with van der Waals surface area (Å²) >= 11 is 0. The van der Waals surface area contributed by atoms with E-state index in [4.69, 9.17) is 14.2 Å². The van der Waals surface area contributed by atoms with Crippen LogP contribution in [0.4, 0.5) is 5.69 Å². The summed E-state index contributed by atoms with van der Waals surface area (Å²) in [7, 11) is -0.870. The van der Waals surface area contributed by atoms with Gasteiger partial charge in [-0.1, -0.05) is 18.2 Å². The van der Waals surface area contributed by atoms with Gasteiger partial charge < -0.3 is 19.5 Å². The maximum atomic E-state index is 13.4. The molecule has 180 valence electrons. The second kappa shape index (κ2) is 11.4. The van der Waals surface area contributed by atoms with Gasteiger partial charge in [0.25, 0.3) is 10.0 Å². The molecule has 0 saturated heterocycles. The summed E-state index contributed by atoms with van der Waals surface area (Å²) in [6.07, 6.45) is 0. The number of carbonyl (C=O) groups is 1. The molecule has 0 aromatic heterocycles. The molecular formula is C25H28N2O6S. The number of anilines is 1. The van der Waals surface area contributed by atoms with E-state index in [0.717, 1.165) is 4.31 Å². The van der Waals surface area contributed by atoms with Gasteiger partial charge in [-0.05, 0) is 67.6 Å². The summed E-state index contributed by atoms with van der Waals surface area (Å²) in [5, 5.41) is 2.80. The van der Waals surface area contributed by atoms with Gasteiger partial charge in [-0.3, -0.25) is 9.10 Å². The van der Waals surface area contributed by atoms with E-state index < -0.39 is 22.5 Å². The Hall–Kier alpha value is -3.72. The summed E-state index contributed by atoms with van der Waals surface area (Å²) in [5.41, 5.74) is 0.349. The minimum atomic E-state index is -3.98. The van der Waals surface area contributed by atoms with E-state index >= 15 is 0 Å². The van der Waals surface area contributed by atoms with Crippen LogP contribution in [0, 0.1) is 0 Å². The molecule has 0 radical (unpaired) electrons. The van der Waals surface area contributed by atoms with Crippen molar-refractivity contribution < 1.29 is 27.4 Å². The Labute approximate surface area is 200 Å². The van der Waals surface area contributed by atoms with E-state index in [1.165, 1.54) is 19.2 Å². The number of amides is 1. The average Bonchev–Trinajstić information content (AvgIpc) is 2.87. The van der Waals surface area contributed by atoms with Crippen molar-refractivity contribution in [2.45, 2.75) is 17.9 Å². The smallest absolute Gasteiger partial charge is 0.264 e. The van der Waals surface area contributed by atoms with Crippen molar-refractivity contribution in [3.05, 3.63) is 78.9 Å². The quantitative estimate of drug-likeness (QED) is 0.448. The topological polar surface area (TPSA) is 94.2 Å². The van der Waals surface area contributed by atoms with Gasteiger partial charge in [0.2, 0.25) is 5.91 Å². The Balaban J connectivity index is 1.71. The highest BCUT2D eigenvalue weighted by Crippen LogP contribution is 2.25. The molecule has 3 aromatic rings. The SMILES string of the molecule is COc1ccc(OCC(C)NC(=O)CN(c2ccc(OC)cc2)S(=O)(=O)c2ccccc2)cc1. The molecule has 1 N–H and O–H groups in total. The third-order valence-corrected chi connectivity index (χ3v) is 6.73. The Kier molecular flexibility index (Phi) is 8.37. The fourth-order valence-electron chi connectivity index (χ4n) is 3.17. The third-order valence-electron chi connectivity index (χ3n) is 4.95. The van der Waals surface area contributed by atoms with E-state index in [9.17, 15) is 13.2 Å². The van der Waals surface area contributed by atoms with Crippen molar-refractivity contribution in [1.29, 1.82) is 0 Å². The van der Waals surface area contributed by atoms with E-state index in [-0.39, 0.29) is 17.5 Å². The van der Waals surface area contributed by atoms with Crippen molar-refractivity contribution in [3.63, 3.8) is 0 Å². The van der Waals surface area contributed by atoms with Crippen LogP contribution in [-0.4, -0.2) is 47.7 Å². The predicted molar refractivity (Wildman–Crippen MR) is 130 cm³/mol. The second-order valence-corrected chi connectivity index (χ2v) is 9.34. The molecule has 34 heavy (non-hydrogen) atoms. The van der Waals surface area contributed by atoms with Gasteiger partial charge in [0.1, 0.15) is 30.4 Å². The monoisotopic (exact) mass is 484 g/mol. The zero-order valence-corrected chi connectivity index (χ0v) is 20.1. The molecule has 0 aliphatic heterocycles. The Morgan fingerprint density at radius 3 is 1.94 bits per heavy atom. The number of ether oxygens (including phenoxy) is 3. The maximum absolute atomic E-state index is 13.4. The van der Waals surface area contributed by atoms with Gasteiger partial charge in [-0.15, -0.1) is 0 Å². The Bertz CT molecular complexity index is 1170. The number of sulfonamides is 1. The molecule has 0 aliphatic rings. The van der Waals surface area contributed by atoms with E-state index in [1.54, 1.807) is 80.8 Å². The van der Waals surface area contributed by atoms with Gasteiger partial charge in [0, 0.05) is 0 Å². The highest BCUT2D eigenvalue weighted by atomic mass is 32.2. The number of methoxy groups -OCH3 is 2. The number of nitrogens with zero attached hydrogens (tertiary/aromatic N) is 1. The molecule has 1 atom stereocenters. The molecule has 0 saturated carbocycles. The van der Waals surface area contributed by atoms with Gasteiger partial charge in [-0.2, -0.15) is 0 Å². The first-order valence-electron chi connectivity index (χ1n) is 10.6. The first-order valence-corrected chi connectivity index (χ1v) is 12.1. The molecule has 3 aromatic carbocycles. The molecule has 0 heterocycles. The number of rotatable bonds is 11. The Morgan fingerprint density at radius 1 is 0.853 bits per heavy atom. The summed E-state index contributed by atoms with van der Waals surface area (Å²) in [6.45, 7) is 1.60. The summed E-state index contributed by atoms with van der Waals surface area (Å²) < 4.78 is 43.8. The number of nitrogens with one attached hydrogen (secondary N) is 1. The van der Waals surface area contributed by atoms with Crippen molar-refractivity contribution in [3.8, 4) is 17.2 Å². The third kappa shape index (κ3) is 6.41. The molecule has 0 spiro atoms. The molecule has 0 aliphatic carbocycles. The molecule has 3 rings (SSSR count). The zero-order chi connectivity index (χ0) is 24.6. The number of hydrogen-bond acceptors (Lipinski definition) is 6. The van der Waals surface area contributed by atoms with Crippen molar-refractivity contribution in [2.75, 3.05) is 31.7 Å². The van der Waals surface area contributed by atoms with E-state index in [0.29, 0.717) is 22.9 Å². The lowest BCUT2D eigenvalue weighted by molar-refractivity contribution is -0.120. The van der Waals surface area contributed by atoms with Gasteiger partial charge in [0.05, 0.1) is 30.8 Å². The highest BCUT2D eigenvalue weighted by Gasteiger charge is 2.27. The van der Waals surface area contributed by atoms with Gasteiger partial charge >= 0.3 is 0 Å². The lowest BCUT2D eigenvalue weighted by atomic mass is 10.3. The maximum Gasteiger partial charge on any atom is 0.264 e. The first kappa shape index (κ1) is 24.9. The van der Waals surface area contributed by atoms with Crippen molar-refractivity contribution in [1.82, 2.24) is 5.32 Å². The van der Waals surface area contributed by atoms with Crippen LogP contribution in [0.5, 0.6) is 17.2 Å². The second-order valence-electron chi connectivity index (χ2n) is 7.48. The minimum Gasteiger partial charge on any atom is -0.497 e. The zero-order valence-electron chi connectivity index (χ0n) is 19.3. The van der Waals surface area contributed by atoms with Crippen LogP contribution in [0.15, 0.2) is 83.8 Å². The van der Waals surface area contributed by atoms with E-state index in [1.807, 2.05) is 0 Å². The molecule has 0 bridgehead atoms. The molecule has 1 amide bonds. The number of carbonyl (C=O) groups excluding carboxylic acids is 1. The highest BCUT2D eigenvalue weighted by molar-refractivity contribution is 7.92. The average molecular weight is 485 g/mol. The van der Waals surface area contributed by atoms with Crippen molar-refractivity contribution >= 4 is 21.6 Å². The van der Waals surface area contributed by atoms with Crippen molar-refractivity contribution in [2.24, 2.45) is 0 Å². The molecule has 0 fully saturated rings. The van der Waals surface area contributed by atoms with Gasteiger partial charge in [-0.25, -0.2) is 8.42 Å². The molecular weight excluding hydrogens is 456 g/mol. The summed E-state index contributed by atoms with van der Waals surface area (Å²) in [6, 6.07) is 21.2. The van der Waals surface area contributed by atoms with Crippen LogP contribution in [0.25, 0.3) is 0 Å². The van der Waals surface area contributed by atoms with Crippen LogP contribution in [0.1, 0.15) is 6.92 Å². The number of benzene rings is 3. The lowest BCUT2D eigenvalue weighted by Gasteiger charge is -2.25. The molecule has 9 heteroatoms. The van der Waals surface area contributed by atoms with Crippen LogP contribution >= 0.6 is 0 Å². The van der Waals surface area contributed by atoms with Crippen LogP contribution in [-0.2, 0) is 14.8 Å². The normalized spacial score (nSPS) is 11.9. The Morgan fingerprint density at radius 2 is 1.38 bits per heavy atom. The molecule has 1 unspecified atom stereocenters. The van der Waals surface area contributed by atoms with Crippen LogP contribution in [0.2, 0.25) is 0 Å². The predicted octanol–water partition coefficient (Wildman–Crippen LogP) is 3.48. The van der Waals surface area contributed by atoms with Crippen LogP contribution < -0.4 is 23.8 Å².